The topological polar surface area (TPSA) is 55.4 Å². The Bertz CT molecular complexity index is 773. The van der Waals surface area contributed by atoms with Crippen LogP contribution >= 0.6 is 0 Å². The molecule has 0 amide bonds. The molecular weight excluding hydrogens is 382 g/mol. The monoisotopic (exact) mass is 419 g/mol. The molecule has 4 aliphatic carbocycles. The molecule has 4 bridgehead atoms. The lowest BCUT2D eigenvalue weighted by atomic mass is 9.48. The zero-order valence-corrected chi connectivity index (χ0v) is 18.8. The summed E-state index contributed by atoms with van der Waals surface area (Å²) < 4.78 is 31.7. The maximum absolute atomic E-state index is 12.9. The van der Waals surface area contributed by atoms with Gasteiger partial charge in [-0.25, -0.2) is 0 Å². The molecule has 0 aliphatic heterocycles. The number of rotatable bonds is 10. The van der Waals surface area contributed by atoms with E-state index >= 15 is 0 Å². The van der Waals surface area contributed by atoms with Crippen molar-refractivity contribution in [3.63, 3.8) is 0 Å². The Kier molecular flexibility index (Phi) is 6.38. The standard InChI is InChI=1S/C24H37NO3S/c1-3-4-5-6-11-25-17-24-14-19-12-20(15-24)23(21(13-19)16-24)28-29(26,27)22-9-7-18(2)8-10-22/h7-10,19-21,23,25H,3-6,11-17H2,1-2H3. The first kappa shape index (κ1) is 21.3. The fraction of sp³-hybridized carbons (Fsp3) is 0.750. The van der Waals surface area contributed by atoms with Crippen molar-refractivity contribution in [3.05, 3.63) is 29.8 Å². The molecule has 4 saturated carbocycles. The van der Waals surface area contributed by atoms with Crippen molar-refractivity contribution in [3.8, 4) is 0 Å². The van der Waals surface area contributed by atoms with E-state index in [1.54, 1.807) is 12.1 Å². The van der Waals surface area contributed by atoms with Gasteiger partial charge in [-0.3, -0.25) is 4.18 Å². The van der Waals surface area contributed by atoms with Gasteiger partial charge < -0.3 is 5.32 Å². The fourth-order valence-corrected chi connectivity index (χ4v) is 7.64. The molecule has 0 saturated heterocycles. The normalized spacial score (nSPS) is 33.3. The van der Waals surface area contributed by atoms with Gasteiger partial charge in [-0.2, -0.15) is 8.42 Å². The molecule has 0 heterocycles. The van der Waals surface area contributed by atoms with Gasteiger partial charge in [-0.05, 0) is 87.3 Å². The highest BCUT2D eigenvalue weighted by molar-refractivity contribution is 7.86. The van der Waals surface area contributed by atoms with Crippen LogP contribution in [0.2, 0.25) is 0 Å². The Labute approximate surface area is 176 Å². The van der Waals surface area contributed by atoms with E-state index in [4.69, 9.17) is 4.18 Å². The first-order chi connectivity index (χ1) is 13.9. The molecule has 1 aromatic carbocycles. The third-order valence-corrected chi connectivity index (χ3v) is 8.89. The summed E-state index contributed by atoms with van der Waals surface area (Å²) in [7, 11) is -3.69. The maximum atomic E-state index is 12.9. The first-order valence-electron chi connectivity index (χ1n) is 11.6. The smallest absolute Gasteiger partial charge is 0.297 e. The second kappa shape index (κ2) is 8.68. The minimum absolute atomic E-state index is 0.129. The van der Waals surface area contributed by atoms with Gasteiger partial charge in [-0.15, -0.1) is 0 Å². The Morgan fingerprint density at radius 1 is 1.03 bits per heavy atom. The molecular formula is C24H37NO3S. The molecule has 4 nitrogen and oxygen atoms in total. The minimum Gasteiger partial charge on any atom is -0.316 e. The molecule has 0 aromatic heterocycles. The summed E-state index contributed by atoms with van der Waals surface area (Å²) >= 11 is 0. The molecule has 0 spiro atoms. The first-order valence-corrected chi connectivity index (χ1v) is 13.0. The van der Waals surface area contributed by atoms with Crippen LogP contribution in [0.1, 0.15) is 70.3 Å². The van der Waals surface area contributed by atoms with Crippen molar-refractivity contribution in [2.75, 3.05) is 13.1 Å². The van der Waals surface area contributed by atoms with E-state index in [9.17, 15) is 8.42 Å². The van der Waals surface area contributed by atoms with Crippen LogP contribution in [-0.4, -0.2) is 27.6 Å². The summed E-state index contributed by atoms with van der Waals surface area (Å²) in [5.41, 5.74) is 1.43. The molecule has 4 aliphatic rings. The van der Waals surface area contributed by atoms with Crippen molar-refractivity contribution >= 4 is 10.1 Å². The summed E-state index contributed by atoms with van der Waals surface area (Å²) in [6.07, 6.45) is 10.9. The van der Waals surface area contributed by atoms with Gasteiger partial charge in [-0.1, -0.05) is 43.9 Å². The van der Waals surface area contributed by atoms with Crippen molar-refractivity contribution in [1.29, 1.82) is 0 Å². The van der Waals surface area contributed by atoms with Crippen molar-refractivity contribution < 1.29 is 12.6 Å². The van der Waals surface area contributed by atoms with Gasteiger partial charge in [0.1, 0.15) is 0 Å². The van der Waals surface area contributed by atoms with E-state index in [1.807, 2.05) is 19.1 Å². The third kappa shape index (κ3) is 4.72. The van der Waals surface area contributed by atoms with Crippen LogP contribution in [0.15, 0.2) is 29.2 Å². The van der Waals surface area contributed by atoms with Gasteiger partial charge in [0.05, 0.1) is 11.0 Å². The van der Waals surface area contributed by atoms with Crippen LogP contribution in [0.25, 0.3) is 0 Å². The summed E-state index contributed by atoms with van der Waals surface area (Å²) in [6.45, 7) is 6.43. The molecule has 2 unspecified atom stereocenters. The predicted octanol–water partition coefficient (Wildman–Crippen LogP) is 5.07. The van der Waals surface area contributed by atoms with Gasteiger partial charge in [0.2, 0.25) is 0 Å². The zero-order chi connectivity index (χ0) is 20.5. The fourth-order valence-electron chi connectivity index (χ4n) is 6.46. The van der Waals surface area contributed by atoms with Gasteiger partial charge in [0.15, 0.2) is 0 Å². The highest BCUT2D eigenvalue weighted by Crippen LogP contribution is 2.60. The van der Waals surface area contributed by atoms with Crippen LogP contribution < -0.4 is 5.32 Å². The average molecular weight is 420 g/mol. The Hall–Kier alpha value is -0.910. The predicted molar refractivity (Wildman–Crippen MR) is 116 cm³/mol. The summed E-state index contributed by atoms with van der Waals surface area (Å²) in [5, 5.41) is 3.74. The van der Waals surface area contributed by atoms with Gasteiger partial charge in [0.25, 0.3) is 10.1 Å². The van der Waals surface area contributed by atoms with Gasteiger partial charge >= 0.3 is 0 Å². The van der Waals surface area contributed by atoms with E-state index in [-0.39, 0.29) is 6.10 Å². The third-order valence-electron chi connectivity index (χ3n) is 7.57. The lowest BCUT2D eigenvalue weighted by molar-refractivity contribution is -0.121. The number of nitrogens with one attached hydrogen (secondary N) is 1. The van der Waals surface area contributed by atoms with Crippen LogP contribution in [0.4, 0.5) is 0 Å². The van der Waals surface area contributed by atoms with Crippen molar-refractivity contribution in [2.24, 2.45) is 23.2 Å². The number of hydrogen-bond acceptors (Lipinski definition) is 4. The molecule has 1 aromatic rings. The SMILES string of the molecule is CCCCCCNCC12CC3CC(C1)C(OS(=O)(=O)c1ccc(C)cc1)C(C3)C2. The van der Waals surface area contributed by atoms with E-state index in [2.05, 4.69) is 12.2 Å². The summed E-state index contributed by atoms with van der Waals surface area (Å²) in [5.74, 6) is 1.54. The number of benzene rings is 1. The van der Waals surface area contributed by atoms with E-state index in [0.717, 1.165) is 50.3 Å². The Balaban J connectivity index is 1.37. The minimum atomic E-state index is -3.69. The maximum Gasteiger partial charge on any atom is 0.297 e. The van der Waals surface area contributed by atoms with Crippen LogP contribution in [-0.2, 0) is 14.3 Å². The van der Waals surface area contributed by atoms with Crippen molar-refractivity contribution in [1.82, 2.24) is 5.32 Å². The lowest BCUT2D eigenvalue weighted by Gasteiger charge is -2.59. The number of unbranched alkanes of at least 4 members (excludes halogenated alkanes) is 3. The Morgan fingerprint density at radius 3 is 2.38 bits per heavy atom. The van der Waals surface area contributed by atoms with Crippen LogP contribution in [0.3, 0.4) is 0 Å². The van der Waals surface area contributed by atoms with E-state index in [1.165, 1.54) is 32.1 Å². The van der Waals surface area contributed by atoms with Gasteiger partial charge in [0, 0.05) is 6.54 Å². The van der Waals surface area contributed by atoms with Crippen LogP contribution in [0.5, 0.6) is 0 Å². The average Bonchev–Trinajstić information content (AvgIpc) is 2.67. The quantitative estimate of drug-likeness (QED) is 0.425. The highest BCUT2D eigenvalue weighted by Gasteiger charge is 2.56. The molecule has 1 N–H and O–H groups in total. The zero-order valence-electron chi connectivity index (χ0n) is 18.0. The molecule has 5 heteroatoms. The van der Waals surface area contributed by atoms with Crippen LogP contribution in [0, 0.1) is 30.1 Å². The molecule has 4 fully saturated rings. The molecule has 29 heavy (non-hydrogen) atoms. The lowest BCUT2D eigenvalue weighted by Crippen LogP contribution is -2.57. The van der Waals surface area contributed by atoms with E-state index < -0.39 is 10.1 Å². The molecule has 5 rings (SSSR count). The molecule has 2 atom stereocenters. The number of hydrogen-bond donors (Lipinski definition) is 1. The molecule has 0 radical (unpaired) electrons. The second-order valence-corrected chi connectivity index (χ2v) is 11.6. The van der Waals surface area contributed by atoms with E-state index in [0.29, 0.717) is 22.1 Å². The number of aryl methyl sites for hydroxylation is 1. The summed E-state index contributed by atoms with van der Waals surface area (Å²) in [6, 6.07) is 7.03. The van der Waals surface area contributed by atoms with Crippen molar-refractivity contribution in [2.45, 2.75) is 82.6 Å². The highest BCUT2D eigenvalue weighted by atomic mass is 32.2. The largest absolute Gasteiger partial charge is 0.316 e. The summed E-state index contributed by atoms with van der Waals surface area (Å²) in [4.78, 5) is 0.292. The molecule has 162 valence electrons. The second-order valence-electron chi connectivity index (χ2n) is 10.0. The Morgan fingerprint density at radius 2 is 1.72 bits per heavy atom.